The van der Waals surface area contributed by atoms with Crippen LogP contribution in [0.2, 0.25) is 0 Å². The highest BCUT2D eigenvalue weighted by Gasteiger charge is 1.98. The van der Waals surface area contributed by atoms with E-state index in [0.717, 1.165) is 0 Å². The summed E-state index contributed by atoms with van der Waals surface area (Å²) in [6.07, 6.45) is -0.878. The van der Waals surface area contributed by atoms with Gasteiger partial charge < -0.3 is 35.0 Å². The van der Waals surface area contributed by atoms with Gasteiger partial charge in [-0.05, 0) is 20.8 Å². The maximum atomic E-state index is 9.60. The van der Waals surface area contributed by atoms with Crippen molar-refractivity contribution in [3.05, 3.63) is 36.5 Å². The fourth-order valence-corrected chi connectivity index (χ4v) is 0.317. The second kappa shape index (κ2) is 21.5. The highest BCUT2D eigenvalue weighted by atomic mass is 16.6. The minimum Gasteiger partial charge on any atom is -0.478 e. The van der Waals surface area contributed by atoms with Crippen molar-refractivity contribution in [1.82, 2.24) is 0 Å². The fourth-order valence-electron chi connectivity index (χ4n) is 0.317. The number of aliphatic hydroxyl groups excluding tert-OH is 2. The molecule has 5 N–H and O–H groups in total. The first kappa shape index (κ1) is 32.2. The van der Waals surface area contributed by atoms with Crippen LogP contribution in [-0.4, -0.2) is 76.7 Å². The van der Waals surface area contributed by atoms with Crippen LogP contribution in [0.3, 0.4) is 0 Å². The van der Waals surface area contributed by atoms with Gasteiger partial charge in [-0.1, -0.05) is 19.7 Å². The molecular formula is C17H30O10. The Balaban J connectivity index is -0.000000133. The van der Waals surface area contributed by atoms with Crippen LogP contribution in [0.4, 0.5) is 0 Å². The van der Waals surface area contributed by atoms with Crippen LogP contribution < -0.4 is 0 Å². The van der Waals surface area contributed by atoms with Gasteiger partial charge in [0.05, 0.1) is 19.8 Å². The number of methoxy groups -OCH3 is 1. The number of hydrogen-bond donors (Lipinski definition) is 5. The maximum absolute atomic E-state index is 9.60. The molecule has 0 fully saturated rings. The standard InChI is InChI=1S/C5H12O4.3C4H6O2/c1-8-5(7)4-9-3-2-6;3*1-3(2)4(5)6/h5-7H,2-4H2,1H3;3*1H2,2H3,(H,5,6). The Bertz CT molecular complexity index is 389. The van der Waals surface area contributed by atoms with Gasteiger partial charge in [0.2, 0.25) is 0 Å². The van der Waals surface area contributed by atoms with Gasteiger partial charge in [-0.3, -0.25) is 0 Å². The second-order valence-electron chi connectivity index (χ2n) is 4.75. The van der Waals surface area contributed by atoms with Crippen LogP contribution in [-0.2, 0) is 23.9 Å². The summed E-state index contributed by atoms with van der Waals surface area (Å²) in [4.78, 5) is 28.8. The van der Waals surface area contributed by atoms with Gasteiger partial charge >= 0.3 is 17.9 Å². The van der Waals surface area contributed by atoms with E-state index in [0.29, 0.717) is 0 Å². The number of carboxylic acids is 3. The average molecular weight is 394 g/mol. The van der Waals surface area contributed by atoms with E-state index in [1.165, 1.54) is 27.9 Å². The number of hydrogen-bond acceptors (Lipinski definition) is 7. The predicted octanol–water partition coefficient (Wildman–Crippen LogP) is 0.901. The highest BCUT2D eigenvalue weighted by molar-refractivity contribution is 5.85. The largest absolute Gasteiger partial charge is 0.478 e. The van der Waals surface area contributed by atoms with Crippen molar-refractivity contribution < 1.29 is 49.4 Å². The molecule has 0 saturated carbocycles. The molecule has 0 aromatic heterocycles. The average Bonchev–Trinajstić information content (AvgIpc) is 2.56. The summed E-state index contributed by atoms with van der Waals surface area (Å²) < 4.78 is 9.16. The summed E-state index contributed by atoms with van der Waals surface area (Å²) in [5.41, 5.74) is 0.528. The van der Waals surface area contributed by atoms with Gasteiger partial charge in [0.1, 0.15) is 0 Å². The van der Waals surface area contributed by atoms with E-state index in [-0.39, 0.29) is 36.5 Å². The summed E-state index contributed by atoms with van der Waals surface area (Å²) >= 11 is 0. The third-order valence-electron chi connectivity index (χ3n) is 1.86. The fraction of sp³-hybridized carbons (Fsp3) is 0.471. The lowest BCUT2D eigenvalue weighted by atomic mass is 10.4. The Hall–Kier alpha value is -2.53. The summed E-state index contributed by atoms with van der Waals surface area (Å²) in [6.45, 7) is 14.1. The van der Waals surface area contributed by atoms with Crippen LogP contribution >= 0.6 is 0 Å². The molecule has 1 atom stereocenters. The molecule has 0 aromatic rings. The number of carbonyl (C=O) groups is 3. The maximum Gasteiger partial charge on any atom is 0.330 e. The quantitative estimate of drug-likeness (QED) is 0.226. The zero-order valence-corrected chi connectivity index (χ0v) is 16.1. The van der Waals surface area contributed by atoms with E-state index in [1.54, 1.807) is 0 Å². The van der Waals surface area contributed by atoms with Crippen molar-refractivity contribution in [3.63, 3.8) is 0 Å². The first-order chi connectivity index (χ1) is 12.2. The van der Waals surface area contributed by atoms with Gasteiger partial charge in [-0.2, -0.15) is 0 Å². The Morgan fingerprint density at radius 1 is 0.852 bits per heavy atom. The van der Waals surface area contributed by atoms with Crippen LogP contribution in [0.1, 0.15) is 20.8 Å². The van der Waals surface area contributed by atoms with Gasteiger partial charge in [-0.15, -0.1) is 0 Å². The Morgan fingerprint density at radius 2 is 1.11 bits per heavy atom. The first-order valence-corrected chi connectivity index (χ1v) is 7.30. The molecule has 0 aliphatic carbocycles. The monoisotopic (exact) mass is 394 g/mol. The Morgan fingerprint density at radius 3 is 1.26 bits per heavy atom. The van der Waals surface area contributed by atoms with Crippen molar-refractivity contribution in [1.29, 1.82) is 0 Å². The minimum atomic E-state index is -0.935. The van der Waals surface area contributed by atoms with E-state index in [4.69, 9.17) is 30.3 Å². The number of rotatable bonds is 8. The topological polar surface area (TPSA) is 171 Å². The molecule has 0 aromatic carbocycles. The van der Waals surface area contributed by atoms with Crippen LogP contribution in [0.15, 0.2) is 36.5 Å². The molecule has 10 heteroatoms. The number of carboxylic acid groups (broad SMARTS) is 3. The van der Waals surface area contributed by atoms with Crippen molar-refractivity contribution in [3.8, 4) is 0 Å². The minimum absolute atomic E-state index is 0.0313. The molecule has 0 radical (unpaired) electrons. The van der Waals surface area contributed by atoms with Crippen LogP contribution in [0.5, 0.6) is 0 Å². The van der Waals surface area contributed by atoms with E-state index >= 15 is 0 Å². The van der Waals surface area contributed by atoms with Crippen molar-refractivity contribution in [2.24, 2.45) is 0 Å². The van der Waals surface area contributed by atoms with Crippen molar-refractivity contribution in [2.45, 2.75) is 27.1 Å². The van der Waals surface area contributed by atoms with E-state index < -0.39 is 24.2 Å². The summed E-state index contributed by atoms with van der Waals surface area (Å²) in [5, 5.41) is 40.5. The number of aliphatic hydroxyl groups is 2. The van der Waals surface area contributed by atoms with Crippen molar-refractivity contribution in [2.75, 3.05) is 26.9 Å². The van der Waals surface area contributed by atoms with Crippen LogP contribution in [0.25, 0.3) is 0 Å². The lowest BCUT2D eigenvalue weighted by Crippen LogP contribution is -2.18. The second-order valence-corrected chi connectivity index (χ2v) is 4.75. The third kappa shape index (κ3) is 39.9. The first-order valence-electron chi connectivity index (χ1n) is 7.30. The van der Waals surface area contributed by atoms with Gasteiger partial charge in [0.15, 0.2) is 6.29 Å². The molecule has 0 spiro atoms. The highest BCUT2D eigenvalue weighted by Crippen LogP contribution is 1.84. The predicted molar refractivity (Wildman–Crippen MR) is 98.3 cm³/mol. The molecule has 0 aliphatic heterocycles. The lowest BCUT2D eigenvalue weighted by Gasteiger charge is -2.06. The molecule has 0 saturated heterocycles. The number of aliphatic carboxylic acids is 3. The SMILES string of the molecule is C=C(C)C(=O)O.C=C(C)C(=O)O.C=C(C)C(=O)O.COC(O)COCCO. The number of ether oxygens (including phenoxy) is 2. The molecule has 0 bridgehead atoms. The Kier molecular flexibility index (Phi) is 25.6. The normalized spacial score (nSPS) is 9.56. The Labute approximate surface area is 158 Å². The summed E-state index contributed by atoms with van der Waals surface area (Å²) in [7, 11) is 1.38. The smallest absolute Gasteiger partial charge is 0.330 e. The lowest BCUT2D eigenvalue weighted by molar-refractivity contribution is -0.133. The van der Waals surface area contributed by atoms with Crippen LogP contribution in [0, 0.1) is 0 Å². The molecule has 0 aliphatic rings. The van der Waals surface area contributed by atoms with E-state index in [1.807, 2.05) is 0 Å². The summed E-state index contributed by atoms with van der Waals surface area (Å²) in [5.74, 6) is -2.81. The molecule has 0 rings (SSSR count). The van der Waals surface area contributed by atoms with Gasteiger partial charge in [0, 0.05) is 23.8 Å². The molecule has 27 heavy (non-hydrogen) atoms. The zero-order valence-electron chi connectivity index (χ0n) is 16.1. The molecule has 158 valence electrons. The molecule has 10 nitrogen and oxygen atoms in total. The zero-order chi connectivity index (χ0) is 22.6. The molecule has 0 heterocycles. The molecule has 0 amide bonds. The van der Waals surface area contributed by atoms with E-state index in [2.05, 4.69) is 24.5 Å². The molecular weight excluding hydrogens is 364 g/mol. The van der Waals surface area contributed by atoms with Gasteiger partial charge in [0.25, 0.3) is 0 Å². The summed E-state index contributed by atoms with van der Waals surface area (Å²) in [6, 6.07) is 0. The molecule has 1 unspecified atom stereocenters. The van der Waals surface area contributed by atoms with Gasteiger partial charge in [-0.25, -0.2) is 14.4 Å². The van der Waals surface area contributed by atoms with Crippen molar-refractivity contribution >= 4 is 17.9 Å². The van der Waals surface area contributed by atoms with E-state index in [9.17, 15) is 14.4 Å². The third-order valence-corrected chi connectivity index (χ3v) is 1.86.